The van der Waals surface area contributed by atoms with Gasteiger partial charge >= 0.3 is 0 Å². The number of hydrogen-bond donors (Lipinski definition) is 1. The van der Waals surface area contributed by atoms with Crippen molar-refractivity contribution >= 4 is 11.8 Å². The van der Waals surface area contributed by atoms with E-state index in [-0.39, 0.29) is 5.54 Å². The Morgan fingerprint density at radius 2 is 2.12 bits per heavy atom. The zero-order valence-corrected chi connectivity index (χ0v) is 12.5. The first-order valence-corrected chi connectivity index (χ1v) is 7.43. The van der Waals surface area contributed by atoms with Gasteiger partial charge in [-0.25, -0.2) is 0 Å². The van der Waals surface area contributed by atoms with E-state index < -0.39 is 0 Å². The summed E-state index contributed by atoms with van der Waals surface area (Å²) in [5, 5.41) is 7.95. The van der Waals surface area contributed by atoms with Gasteiger partial charge in [-0.2, -0.15) is 16.9 Å². The van der Waals surface area contributed by atoms with E-state index in [2.05, 4.69) is 49.7 Å². The highest BCUT2D eigenvalue weighted by Crippen LogP contribution is 2.10. The monoisotopic (exact) mass is 255 g/mol. The van der Waals surface area contributed by atoms with Crippen LogP contribution in [0.15, 0.2) is 6.20 Å². The minimum atomic E-state index is 0.159. The van der Waals surface area contributed by atoms with E-state index in [1.807, 2.05) is 18.0 Å². The molecule has 0 amide bonds. The van der Waals surface area contributed by atoms with Crippen molar-refractivity contribution in [1.29, 1.82) is 0 Å². The molecule has 1 aromatic heterocycles. The average Bonchev–Trinajstić information content (AvgIpc) is 2.57. The molecule has 1 aromatic rings. The summed E-state index contributed by atoms with van der Waals surface area (Å²) in [7, 11) is 0. The van der Waals surface area contributed by atoms with Gasteiger partial charge in [-0.05, 0) is 33.4 Å². The number of nitrogens with zero attached hydrogens (tertiary/aromatic N) is 2. The van der Waals surface area contributed by atoms with E-state index in [9.17, 15) is 0 Å². The first-order valence-electron chi connectivity index (χ1n) is 6.28. The van der Waals surface area contributed by atoms with E-state index in [4.69, 9.17) is 0 Å². The van der Waals surface area contributed by atoms with Gasteiger partial charge < -0.3 is 5.32 Å². The second-order valence-corrected chi connectivity index (χ2v) is 6.67. The standard InChI is InChI=1S/C13H25N3S/c1-6-17-8-7-16-11(2)12(10-15-16)9-14-13(3,4)5/h10,14H,6-9H2,1-5H3. The maximum atomic E-state index is 4.45. The van der Waals surface area contributed by atoms with E-state index in [1.165, 1.54) is 17.0 Å². The van der Waals surface area contributed by atoms with E-state index in [0.717, 1.165) is 18.8 Å². The van der Waals surface area contributed by atoms with Crippen molar-refractivity contribution in [2.75, 3.05) is 11.5 Å². The molecule has 98 valence electrons. The lowest BCUT2D eigenvalue weighted by molar-refractivity contribution is 0.423. The largest absolute Gasteiger partial charge is 0.308 e. The molecule has 0 saturated heterocycles. The van der Waals surface area contributed by atoms with Crippen LogP contribution in [-0.2, 0) is 13.1 Å². The normalized spacial score (nSPS) is 12.1. The number of thioether (sulfide) groups is 1. The summed E-state index contributed by atoms with van der Waals surface area (Å²) < 4.78 is 2.11. The predicted octanol–water partition coefficient (Wildman–Crippen LogP) is 2.83. The van der Waals surface area contributed by atoms with Crippen LogP contribution in [-0.4, -0.2) is 26.8 Å². The molecule has 0 unspecified atom stereocenters. The summed E-state index contributed by atoms with van der Waals surface area (Å²) in [6.45, 7) is 12.8. The molecule has 1 N–H and O–H groups in total. The third-order valence-electron chi connectivity index (χ3n) is 2.67. The first kappa shape index (κ1) is 14.6. The third kappa shape index (κ3) is 5.13. The lowest BCUT2D eigenvalue weighted by Crippen LogP contribution is -2.35. The summed E-state index contributed by atoms with van der Waals surface area (Å²) in [5.41, 5.74) is 2.76. The van der Waals surface area contributed by atoms with E-state index >= 15 is 0 Å². The number of aryl methyl sites for hydroxylation is 1. The van der Waals surface area contributed by atoms with Crippen LogP contribution < -0.4 is 5.32 Å². The van der Waals surface area contributed by atoms with Crippen molar-refractivity contribution in [1.82, 2.24) is 15.1 Å². The van der Waals surface area contributed by atoms with Crippen molar-refractivity contribution in [2.45, 2.75) is 53.2 Å². The summed E-state index contributed by atoms with van der Waals surface area (Å²) in [5.74, 6) is 2.32. The molecule has 0 aliphatic carbocycles. The van der Waals surface area contributed by atoms with Crippen LogP contribution in [0.3, 0.4) is 0 Å². The molecule has 4 heteroatoms. The van der Waals surface area contributed by atoms with Gasteiger partial charge in [0, 0.05) is 29.1 Å². The van der Waals surface area contributed by atoms with Gasteiger partial charge in [0.2, 0.25) is 0 Å². The van der Waals surface area contributed by atoms with E-state index in [0.29, 0.717) is 0 Å². The second-order valence-electron chi connectivity index (χ2n) is 5.28. The van der Waals surface area contributed by atoms with Crippen molar-refractivity contribution in [3.8, 4) is 0 Å². The lowest BCUT2D eigenvalue weighted by Gasteiger charge is -2.20. The zero-order chi connectivity index (χ0) is 12.9. The van der Waals surface area contributed by atoms with Crippen LogP contribution in [0.25, 0.3) is 0 Å². The molecular formula is C13H25N3S. The number of aromatic nitrogens is 2. The fourth-order valence-corrected chi connectivity index (χ4v) is 2.13. The zero-order valence-electron chi connectivity index (χ0n) is 11.7. The molecule has 0 saturated carbocycles. The third-order valence-corrected chi connectivity index (χ3v) is 3.55. The highest BCUT2D eigenvalue weighted by atomic mass is 32.2. The Morgan fingerprint density at radius 3 is 2.71 bits per heavy atom. The maximum Gasteiger partial charge on any atom is 0.0537 e. The summed E-state index contributed by atoms with van der Waals surface area (Å²) in [6.07, 6.45) is 1.99. The van der Waals surface area contributed by atoms with Crippen molar-refractivity contribution in [2.24, 2.45) is 0 Å². The van der Waals surface area contributed by atoms with Crippen molar-refractivity contribution in [3.63, 3.8) is 0 Å². The molecule has 1 heterocycles. The Hall–Kier alpha value is -0.480. The topological polar surface area (TPSA) is 29.9 Å². The van der Waals surface area contributed by atoms with Gasteiger partial charge in [-0.15, -0.1) is 0 Å². The highest BCUT2D eigenvalue weighted by Gasteiger charge is 2.11. The summed E-state index contributed by atoms with van der Waals surface area (Å²) >= 11 is 1.96. The summed E-state index contributed by atoms with van der Waals surface area (Å²) in [6, 6.07) is 0. The quantitative estimate of drug-likeness (QED) is 0.793. The van der Waals surface area contributed by atoms with Gasteiger partial charge in [0.1, 0.15) is 0 Å². The van der Waals surface area contributed by atoms with Crippen LogP contribution in [0, 0.1) is 6.92 Å². The van der Waals surface area contributed by atoms with Gasteiger partial charge in [0.05, 0.1) is 12.7 Å². The van der Waals surface area contributed by atoms with E-state index in [1.54, 1.807) is 0 Å². The van der Waals surface area contributed by atoms with Gasteiger partial charge in [0.15, 0.2) is 0 Å². The van der Waals surface area contributed by atoms with Crippen LogP contribution >= 0.6 is 11.8 Å². The molecule has 0 bridgehead atoms. The Balaban J connectivity index is 2.52. The van der Waals surface area contributed by atoms with Crippen molar-refractivity contribution < 1.29 is 0 Å². The summed E-state index contributed by atoms with van der Waals surface area (Å²) in [4.78, 5) is 0. The molecule has 0 aromatic carbocycles. The molecule has 0 spiro atoms. The molecule has 0 aliphatic heterocycles. The van der Waals surface area contributed by atoms with Crippen LogP contribution in [0.4, 0.5) is 0 Å². The molecular weight excluding hydrogens is 230 g/mol. The first-order chi connectivity index (χ1) is 7.94. The van der Waals surface area contributed by atoms with Gasteiger partial charge in [-0.3, -0.25) is 4.68 Å². The fraction of sp³-hybridized carbons (Fsp3) is 0.769. The predicted molar refractivity (Wildman–Crippen MR) is 76.6 cm³/mol. The molecule has 0 aliphatic rings. The average molecular weight is 255 g/mol. The molecule has 3 nitrogen and oxygen atoms in total. The Morgan fingerprint density at radius 1 is 1.41 bits per heavy atom. The number of nitrogens with one attached hydrogen (secondary N) is 1. The Bertz CT molecular complexity index is 339. The van der Waals surface area contributed by atoms with Gasteiger partial charge in [-0.1, -0.05) is 6.92 Å². The molecule has 0 radical (unpaired) electrons. The minimum absolute atomic E-state index is 0.159. The highest BCUT2D eigenvalue weighted by molar-refractivity contribution is 7.99. The Kier molecular flexibility index (Phi) is 5.53. The molecule has 17 heavy (non-hydrogen) atoms. The number of rotatable bonds is 6. The maximum absolute atomic E-state index is 4.45. The molecule has 0 fully saturated rings. The molecule has 1 rings (SSSR count). The second kappa shape index (κ2) is 6.45. The Labute approximate surface area is 109 Å². The van der Waals surface area contributed by atoms with Crippen LogP contribution in [0.1, 0.15) is 39.0 Å². The SMILES string of the molecule is CCSCCn1ncc(CNC(C)(C)C)c1C. The minimum Gasteiger partial charge on any atom is -0.308 e. The van der Waals surface area contributed by atoms with Crippen molar-refractivity contribution in [3.05, 3.63) is 17.5 Å². The number of hydrogen-bond acceptors (Lipinski definition) is 3. The smallest absolute Gasteiger partial charge is 0.0537 e. The lowest BCUT2D eigenvalue weighted by atomic mass is 10.1. The molecule has 0 atom stereocenters. The van der Waals surface area contributed by atoms with Crippen LogP contribution in [0.2, 0.25) is 0 Å². The van der Waals surface area contributed by atoms with Crippen LogP contribution in [0.5, 0.6) is 0 Å². The van der Waals surface area contributed by atoms with Gasteiger partial charge in [0.25, 0.3) is 0 Å². The fourth-order valence-electron chi connectivity index (χ4n) is 1.54.